The highest BCUT2D eigenvalue weighted by atomic mass is 79.9. The van der Waals surface area contributed by atoms with E-state index >= 15 is 0 Å². The number of hydrogen-bond donors (Lipinski definition) is 1. The number of nitrogen functional groups attached to an aromatic ring is 1. The van der Waals surface area contributed by atoms with E-state index in [1.54, 1.807) is 6.07 Å². The van der Waals surface area contributed by atoms with Gasteiger partial charge >= 0.3 is 0 Å². The third-order valence-electron chi connectivity index (χ3n) is 1.96. The average Bonchev–Trinajstić information content (AvgIpc) is 2.42. The monoisotopic (exact) mass is 277 g/mol. The summed E-state index contributed by atoms with van der Waals surface area (Å²) in [5.41, 5.74) is 6.39. The third kappa shape index (κ3) is 1.50. The van der Waals surface area contributed by atoms with Crippen molar-refractivity contribution in [3.05, 3.63) is 27.5 Å². The van der Waals surface area contributed by atoms with Gasteiger partial charge in [0.2, 0.25) is 0 Å². The molecular weight excluding hydrogens is 272 g/mol. The molecule has 2 N–H and O–H groups in total. The smallest absolute Gasteiger partial charge is 0.263 e. The summed E-state index contributed by atoms with van der Waals surface area (Å²) >= 11 is 4.64. The Balaban J connectivity index is 2.67. The van der Waals surface area contributed by atoms with Gasteiger partial charge in [0.1, 0.15) is 0 Å². The highest BCUT2D eigenvalue weighted by molar-refractivity contribution is 9.11. The van der Waals surface area contributed by atoms with Crippen LogP contribution in [0.5, 0.6) is 0 Å². The molecular formula is C9H6BrF2NS. The molecule has 0 saturated carbocycles. The summed E-state index contributed by atoms with van der Waals surface area (Å²) in [4.78, 5) is 0. The van der Waals surface area contributed by atoms with Crippen LogP contribution >= 0.6 is 27.3 Å². The summed E-state index contributed by atoms with van der Waals surface area (Å²) in [6.45, 7) is 0. The Morgan fingerprint density at radius 1 is 1.36 bits per heavy atom. The van der Waals surface area contributed by atoms with E-state index in [9.17, 15) is 8.78 Å². The first-order valence-corrected chi connectivity index (χ1v) is 5.46. The molecule has 0 unspecified atom stereocenters. The molecule has 2 rings (SSSR count). The van der Waals surface area contributed by atoms with Crippen LogP contribution in [0.25, 0.3) is 10.1 Å². The highest BCUT2D eigenvalue weighted by Gasteiger charge is 2.11. The van der Waals surface area contributed by atoms with E-state index in [1.165, 1.54) is 23.5 Å². The lowest BCUT2D eigenvalue weighted by molar-refractivity contribution is 0.151. The third-order valence-corrected chi connectivity index (χ3v) is 3.83. The summed E-state index contributed by atoms with van der Waals surface area (Å²) < 4.78 is 26.3. The molecule has 0 fully saturated rings. The number of alkyl halides is 2. The molecule has 0 saturated heterocycles. The topological polar surface area (TPSA) is 26.0 Å². The molecule has 0 amide bonds. The Bertz CT molecular complexity index is 481. The van der Waals surface area contributed by atoms with Gasteiger partial charge < -0.3 is 5.73 Å². The highest BCUT2D eigenvalue weighted by Crippen LogP contribution is 2.38. The van der Waals surface area contributed by atoms with Crippen LogP contribution in [0.2, 0.25) is 0 Å². The van der Waals surface area contributed by atoms with Crippen LogP contribution in [0.3, 0.4) is 0 Å². The first kappa shape index (κ1) is 9.86. The molecule has 1 nitrogen and oxygen atoms in total. The van der Waals surface area contributed by atoms with Gasteiger partial charge in [0.05, 0.1) is 9.47 Å². The van der Waals surface area contributed by atoms with Crippen molar-refractivity contribution in [2.45, 2.75) is 6.43 Å². The molecule has 1 aromatic heterocycles. The zero-order valence-electron chi connectivity index (χ0n) is 6.93. The summed E-state index contributed by atoms with van der Waals surface area (Å²) in [5.74, 6) is 0. The number of halogens is 3. The maximum Gasteiger partial charge on any atom is 0.263 e. The molecule has 74 valence electrons. The number of thiophene rings is 1. The van der Waals surface area contributed by atoms with E-state index in [0.29, 0.717) is 5.69 Å². The lowest BCUT2D eigenvalue weighted by Crippen LogP contribution is -1.84. The Labute approximate surface area is 91.7 Å². The Kier molecular flexibility index (Phi) is 2.45. The molecule has 2 aromatic rings. The van der Waals surface area contributed by atoms with Crippen molar-refractivity contribution in [1.82, 2.24) is 0 Å². The van der Waals surface area contributed by atoms with Gasteiger partial charge in [-0.1, -0.05) is 12.1 Å². The van der Waals surface area contributed by atoms with Crippen molar-refractivity contribution < 1.29 is 8.78 Å². The quantitative estimate of drug-likeness (QED) is 0.831. The van der Waals surface area contributed by atoms with E-state index in [2.05, 4.69) is 15.9 Å². The van der Waals surface area contributed by atoms with E-state index in [4.69, 9.17) is 5.73 Å². The van der Waals surface area contributed by atoms with Gasteiger partial charge in [-0.25, -0.2) is 8.78 Å². The van der Waals surface area contributed by atoms with Gasteiger partial charge in [-0.3, -0.25) is 0 Å². The van der Waals surface area contributed by atoms with E-state index in [1.807, 2.05) is 0 Å². The van der Waals surface area contributed by atoms with E-state index < -0.39 is 6.43 Å². The summed E-state index contributed by atoms with van der Waals surface area (Å²) in [7, 11) is 0. The van der Waals surface area contributed by atoms with Gasteiger partial charge in [-0.2, -0.15) is 0 Å². The zero-order chi connectivity index (χ0) is 10.3. The second-order valence-electron chi connectivity index (χ2n) is 2.85. The van der Waals surface area contributed by atoms with Crippen LogP contribution in [-0.2, 0) is 0 Å². The second-order valence-corrected chi connectivity index (χ2v) is 5.22. The maximum atomic E-state index is 12.4. The number of anilines is 1. The van der Waals surface area contributed by atoms with Gasteiger partial charge in [-0.15, -0.1) is 11.3 Å². The first-order chi connectivity index (χ1) is 6.59. The van der Waals surface area contributed by atoms with Crippen molar-refractivity contribution >= 4 is 43.0 Å². The fourth-order valence-electron chi connectivity index (χ4n) is 1.24. The van der Waals surface area contributed by atoms with Gasteiger partial charge in [0.15, 0.2) is 0 Å². The van der Waals surface area contributed by atoms with E-state index in [-0.39, 0.29) is 5.56 Å². The van der Waals surface area contributed by atoms with Crippen LogP contribution in [0.1, 0.15) is 12.0 Å². The SMILES string of the molecule is Nc1c(Br)sc2cc(C(F)F)ccc12. The number of rotatable bonds is 1. The minimum atomic E-state index is -2.43. The predicted molar refractivity (Wildman–Crippen MR) is 58.9 cm³/mol. The second kappa shape index (κ2) is 3.47. The summed E-state index contributed by atoms with van der Waals surface area (Å²) in [6.07, 6.45) is -2.43. The lowest BCUT2D eigenvalue weighted by Gasteiger charge is -1.98. The average molecular weight is 278 g/mol. The number of fused-ring (bicyclic) bond motifs is 1. The maximum absolute atomic E-state index is 12.4. The molecule has 0 radical (unpaired) electrons. The Morgan fingerprint density at radius 3 is 2.71 bits per heavy atom. The molecule has 1 heterocycles. The molecule has 0 aliphatic heterocycles. The minimum absolute atomic E-state index is 0.0336. The summed E-state index contributed by atoms with van der Waals surface area (Å²) in [5, 5.41) is 0.825. The minimum Gasteiger partial charge on any atom is -0.397 e. The fraction of sp³-hybridized carbons (Fsp3) is 0.111. The molecule has 14 heavy (non-hydrogen) atoms. The number of benzene rings is 1. The molecule has 0 aliphatic carbocycles. The van der Waals surface area contributed by atoms with Crippen molar-refractivity contribution in [3.63, 3.8) is 0 Å². The van der Waals surface area contributed by atoms with E-state index in [0.717, 1.165) is 13.9 Å². The van der Waals surface area contributed by atoms with Crippen LogP contribution in [0, 0.1) is 0 Å². The van der Waals surface area contributed by atoms with Crippen molar-refractivity contribution in [1.29, 1.82) is 0 Å². The van der Waals surface area contributed by atoms with Crippen LogP contribution < -0.4 is 5.73 Å². The Morgan fingerprint density at radius 2 is 2.07 bits per heavy atom. The lowest BCUT2D eigenvalue weighted by atomic mass is 10.2. The van der Waals surface area contributed by atoms with Crippen molar-refractivity contribution in [3.8, 4) is 0 Å². The molecule has 0 bridgehead atoms. The molecule has 0 spiro atoms. The standard InChI is InChI=1S/C9H6BrF2NS/c10-8-7(13)5-2-1-4(9(11)12)3-6(5)14-8/h1-3,9H,13H2. The van der Waals surface area contributed by atoms with Crippen molar-refractivity contribution in [2.75, 3.05) is 5.73 Å². The van der Waals surface area contributed by atoms with Gasteiger partial charge in [-0.05, 0) is 22.0 Å². The van der Waals surface area contributed by atoms with Gasteiger partial charge in [0.25, 0.3) is 6.43 Å². The normalized spacial score (nSPS) is 11.4. The van der Waals surface area contributed by atoms with Crippen LogP contribution in [0.15, 0.2) is 22.0 Å². The zero-order valence-corrected chi connectivity index (χ0v) is 9.33. The molecule has 5 heteroatoms. The number of nitrogens with two attached hydrogens (primary N) is 1. The molecule has 0 aliphatic rings. The fourth-order valence-corrected chi connectivity index (χ4v) is 2.87. The van der Waals surface area contributed by atoms with Crippen LogP contribution in [-0.4, -0.2) is 0 Å². The van der Waals surface area contributed by atoms with Crippen molar-refractivity contribution in [2.24, 2.45) is 0 Å². The largest absolute Gasteiger partial charge is 0.397 e. The summed E-state index contributed by atoms with van der Waals surface area (Å²) in [6, 6.07) is 4.52. The Hall–Kier alpha value is -0.680. The number of hydrogen-bond acceptors (Lipinski definition) is 2. The molecule has 1 aromatic carbocycles. The first-order valence-electron chi connectivity index (χ1n) is 3.85. The van der Waals surface area contributed by atoms with Gasteiger partial charge in [0, 0.05) is 15.6 Å². The van der Waals surface area contributed by atoms with Crippen LogP contribution in [0.4, 0.5) is 14.5 Å². The predicted octanol–water partition coefficient (Wildman–Crippen LogP) is 4.18. The molecule has 0 atom stereocenters.